The fourth-order valence-corrected chi connectivity index (χ4v) is 4.44. The summed E-state index contributed by atoms with van der Waals surface area (Å²) >= 11 is 0. The van der Waals surface area contributed by atoms with Gasteiger partial charge in [-0.05, 0) is 24.3 Å². The van der Waals surface area contributed by atoms with Crippen molar-refractivity contribution in [2.45, 2.75) is 4.90 Å². The highest BCUT2D eigenvalue weighted by Crippen LogP contribution is 2.29. The Morgan fingerprint density at radius 2 is 1.73 bits per heavy atom. The smallest absolute Gasteiger partial charge is 0.360 e. The SMILES string of the molecule is COC(=O)c1ccc(OC(=O)c2cc(S(=O)(=O)N3CCOCC3)cn2C)c(OC)c1. The van der Waals surface area contributed by atoms with E-state index in [0.29, 0.717) is 13.2 Å². The summed E-state index contributed by atoms with van der Waals surface area (Å²) in [5, 5.41) is 0. The van der Waals surface area contributed by atoms with E-state index in [0.717, 1.165) is 0 Å². The van der Waals surface area contributed by atoms with Gasteiger partial charge in [0.25, 0.3) is 0 Å². The lowest BCUT2D eigenvalue weighted by Crippen LogP contribution is -2.40. The summed E-state index contributed by atoms with van der Waals surface area (Å²) in [5.74, 6) is -1.10. The van der Waals surface area contributed by atoms with Crippen LogP contribution in [0.4, 0.5) is 0 Å². The van der Waals surface area contributed by atoms with Crippen molar-refractivity contribution in [3.63, 3.8) is 0 Å². The van der Waals surface area contributed by atoms with E-state index >= 15 is 0 Å². The number of morpholine rings is 1. The molecule has 0 atom stereocenters. The topological polar surface area (TPSA) is 113 Å². The lowest BCUT2D eigenvalue weighted by molar-refractivity contribution is 0.0600. The predicted molar refractivity (Wildman–Crippen MR) is 104 cm³/mol. The lowest BCUT2D eigenvalue weighted by atomic mass is 10.2. The van der Waals surface area contributed by atoms with Crippen molar-refractivity contribution in [2.24, 2.45) is 7.05 Å². The van der Waals surface area contributed by atoms with Crippen LogP contribution in [0.15, 0.2) is 35.4 Å². The average Bonchev–Trinajstić information content (AvgIpc) is 3.16. The average molecular weight is 438 g/mol. The maximum Gasteiger partial charge on any atom is 0.360 e. The number of methoxy groups -OCH3 is 2. The van der Waals surface area contributed by atoms with Gasteiger partial charge in [-0.3, -0.25) is 0 Å². The molecular weight excluding hydrogens is 416 g/mol. The molecule has 0 amide bonds. The number of rotatable bonds is 6. The van der Waals surface area contributed by atoms with Crippen molar-refractivity contribution in [3.05, 3.63) is 41.7 Å². The third-order valence-corrected chi connectivity index (χ3v) is 6.45. The summed E-state index contributed by atoms with van der Waals surface area (Å²) in [6.07, 6.45) is 1.36. The molecule has 2 heterocycles. The minimum Gasteiger partial charge on any atom is -0.493 e. The number of hydrogen-bond donors (Lipinski definition) is 0. The number of benzene rings is 1. The fraction of sp³-hybridized carbons (Fsp3) is 0.368. The number of sulfonamides is 1. The second-order valence-electron chi connectivity index (χ2n) is 6.44. The molecule has 0 spiro atoms. The Bertz CT molecular complexity index is 1050. The molecule has 1 saturated heterocycles. The number of ether oxygens (including phenoxy) is 4. The molecular formula is C19H22N2O8S. The first kappa shape index (κ1) is 21.8. The number of carbonyl (C=O) groups is 2. The zero-order valence-corrected chi connectivity index (χ0v) is 17.6. The van der Waals surface area contributed by atoms with Crippen molar-refractivity contribution in [2.75, 3.05) is 40.5 Å². The summed E-state index contributed by atoms with van der Waals surface area (Å²) in [6.45, 7) is 1.14. The number of esters is 2. The highest BCUT2D eigenvalue weighted by Gasteiger charge is 2.29. The molecule has 1 aliphatic heterocycles. The molecule has 1 aliphatic rings. The molecule has 30 heavy (non-hydrogen) atoms. The van der Waals surface area contributed by atoms with Crippen LogP contribution >= 0.6 is 0 Å². The lowest BCUT2D eigenvalue weighted by Gasteiger charge is -2.25. The number of carbonyl (C=O) groups excluding carboxylic acids is 2. The van der Waals surface area contributed by atoms with Crippen LogP contribution in [-0.4, -0.2) is 69.8 Å². The Kier molecular flexibility index (Phi) is 6.44. The molecule has 0 aliphatic carbocycles. The van der Waals surface area contributed by atoms with E-state index < -0.39 is 22.0 Å². The normalized spacial score (nSPS) is 14.9. The molecule has 0 bridgehead atoms. The first-order valence-corrected chi connectivity index (χ1v) is 10.4. The van der Waals surface area contributed by atoms with Gasteiger partial charge in [0, 0.05) is 26.3 Å². The van der Waals surface area contributed by atoms with Gasteiger partial charge in [0.15, 0.2) is 11.5 Å². The quantitative estimate of drug-likeness (QED) is 0.486. The molecule has 162 valence electrons. The van der Waals surface area contributed by atoms with Crippen molar-refractivity contribution in [1.29, 1.82) is 0 Å². The number of aromatic nitrogens is 1. The van der Waals surface area contributed by atoms with Gasteiger partial charge in [0.1, 0.15) is 10.6 Å². The van der Waals surface area contributed by atoms with E-state index in [1.54, 1.807) is 7.05 Å². The van der Waals surface area contributed by atoms with Crippen LogP contribution in [-0.2, 0) is 26.5 Å². The Hall–Kier alpha value is -2.89. The Labute approximate surface area is 173 Å². The van der Waals surface area contributed by atoms with Crippen LogP contribution in [0.2, 0.25) is 0 Å². The number of nitrogens with zero attached hydrogens (tertiary/aromatic N) is 2. The second-order valence-corrected chi connectivity index (χ2v) is 8.37. The van der Waals surface area contributed by atoms with Gasteiger partial charge >= 0.3 is 11.9 Å². The van der Waals surface area contributed by atoms with Crippen LogP contribution in [0, 0.1) is 0 Å². The fourth-order valence-electron chi connectivity index (χ4n) is 2.96. The van der Waals surface area contributed by atoms with Gasteiger partial charge in [-0.2, -0.15) is 4.31 Å². The number of hydrogen-bond acceptors (Lipinski definition) is 8. The molecule has 0 N–H and O–H groups in total. The molecule has 0 radical (unpaired) electrons. The third kappa shape index (κ3) is 4.32. The molecule has 1 fully saturated rings. The third-order valence-electron chi connectivity index (χ3n) is 4.58. The van der Waals surface area contributed by atoms with Gasteiger partial charge in [-0.1, -0.05) is 0 Å². The van der Waals surface area contributed by atoms with Crippen molar-refractivity contribution >= 4 is 22.0 Å². The first-order valence-electron chi connectivity index (χ1n) is 9.00. The first-order chi connectivity index (χ1) is 14.3. The largest absolute Gasteiger partial charge is 0.493 e. The van der Waals surface area contributed by atoms with Gasteiger partial charge in [-0.25, -0.2) is 18.0 Å². The molecule has 1 aromatic carbocycles. The molecule has 10 nitrogen and oxygen atoms in total. The Balaban J connectivity index is 1.84. The number of aryl methyl sites for hydroxylation is 1. The van der Waals surface area contributed by atoms with E-state index in [9.17, 15) is 18.0 Å². The summed E-state index contributed by atoms with van der Waals surface area (Å²) in [6, 6.07) is 5.48. The van der Waals surface area contributed by atoms with Gasteiger partial charge < -0.3 is 23.5 Å². The minimum absolute atomic E-state index is 0.00754. The maximum absolute atomic E-state index is 12.8. The van der Waals surface area contributed by atoms with Crippen LogP contribution in [0.5, 0.6) is 11.5 Å². The zero-order chi connectivity index (χ0) is 21.9. The van der Waals surface area contributed by atoms with Crippen molar-refractivity contribution in [3.8, 4) is 11.5 Å². The molecule has 0 unspecified atom stereocenters. The molecule has 0 saturated carbocycles. The van der Waals surface area contributed by atoms with Crippen LogP contribution in [0.1, 0.15) is 20.8 Å². The molecule has 2 aromatic rings. The molecule has 11 heteroatoms. The Morgan fingerprint density at radius 3 is 2.37 bits per heavy atom. The molecule has 3 rings (SSSR count). The van der Waals surface area contributed by atoms with Gasteiger partial charge in [-0.15, -0.1) is 0 Å². The van der Waals surface area contributed by atoms with Crippen LogP contribution < -0.4 is 9.47 Å². The van der Waals surface area contributed by atoms with E-state index in [1.807, 2.05) is 0 Å². The highest BCUT2D eigenvalue weighted by molar-refractivity contribution is 7.89. The monoisotopic (exact) mass is 438 g/mol. The summed E-state index contributed by atoms with van der Waals surface area (Å²) < 4.78 is 48.7. The summed E-state index contributed by atoms with van der Waals surface area (Å²) in [4.78, 5) is 24.3. The van der Waals surface area contributed by atoms with Crippen molar-refractivity contribution < 1.29 is 37.0 Å². The predicted octanol–water partition coefficient (Wildman–Crippen LogP) is 1.06. The minimum atomic E-state index is -3.75. The van der Waals surface area contributed by atoms with E-state index in [4.69, 9.17) is 14.2 Å². The van der Waals surface area contributed by atoms with Crippen molar-refractivity contribution in [1.82, 2.24) is 8.87 Å². The zero-order valence-electron chi connectivity index (χ0n) is 16.8. The molecule has 1 aromatic heterocycles. The van der Waals surface area contributed by atoms with Crippen LogP contribution in [0.3, 0.4) is 0 Å². The van der Waals surface area contributed by atoms with E-state index in [2.05, 4.69) is 4.74 Å². The Morgan fingerprint density at radius 1 is 1.03 bits per heavy atom. The summed E-state index contributed by atoms with van der Waals surface area (Å²) in [7, 11) is 0.411. The standard InChI is InChI=1S/C19H22N2O8S/c1-20-12-14(30(24,25)21-6-8-28-9-7-21)11-15(20)19(23)29-16-5-4-13(18(22)27-3)10-17(16)26-2/h4-5,10-12H,6-9H2,1-3H3. The maximum atomic E-state index is 12.8. The van der Waals surface area contributed by atoms with Gasteiger partial charge in [0.2, 0.25) is 10.0 Å². The van der Waals surface area contributed by atoms with Gasteiger partial charge in [0.05, 0.1) is 33.0 Å². The van der Waals surface area contributed by atoms with E-state index in [-0.39, 0.29) is 40.7 Å². The van der Waals surface area contributed by atoms with E-state index in [1.165, 1.54) is 53.6 Å². The van der Waals surface area contributed by atoms with Crippen LogP contribution in [0.25, 0.3) is 0 Å². The summed E-state index contributed by atoms with van der Waals surface area (Å²) in [5.41, 5.74) is 0.271. The second kappa shape index (κ2) is 8.86. The highest BCUT2D eigenvalue weighted by atomic mass is 32.2.